The van der Waals surface area contributed by atoms with Crippen molar-refractivity contribution < 1.29 is 9.90 Å². The number of H-pyrrole nitrogens is 1. The van der Waals surface area contributed by atoms with Crippen LogP contribution in [0.2, 0.25) is 0 Å². The van der Waals surface area contributed by atoms with Gasteiger partial charge in [-0.15, -0.1) is 0 Å². The Labute approximate surface area is 112 Å². The third kappa shape index (κ3) is 1.83. The summed E-state index contributed by atoms with van der Waals surface area (Å²) in [5, 5.41) is 11.3. The number of amides is 1. The molecule has 3 rings (SSSR count). The highest BCUT2D eigenvalue weighted by Crippen LogP contribution is 2.30. The molecular formula is C15H18N2O2. The predicted octanol–water partition coefficient (Wildman–Crippen LogP) is 2.01. The first-order valence-corrected chi connectivity index (χ1v) is 6.59. The van der Waals surface area contributed by atoms with Crippen molar-refractivity contribution in [3.8, 4) is 0 Å². The lowest BCUT2D eigenvalue weighted by atomic mass is 9.82. The van der Waals surface area contributed by atoms with E-state index < -0.39 is 5.60 Å². The van der Waals surface area contributed by atoms with Crippen molar-refractivity contribution in [2.45, 2.75) is 19.4 Å². The number of nitrogens with zero attached hydrogens (tertiary/aromatic N) is 1. The molecular weight excluding hydrogens is 240 g/mol. The van der Waals surface area contributed by atoms with Gasteiger partial charge in [0, 0.05) is 11.6 Å². The maximum Gasteiger partial charge on any atom is 0.256 e. The van der Waals surface area contributed by atoms with Crippen LogP contribution in [0.1, 0.15) is 24.2 Å². The number of carbonyl (C=O) groups excluding carboxylic acids is 1. The van der Waals surface area contributed by atoms with Gasteiger partial charge in [-0.2, -0.15) is 0 Å². The highest BCUT2D eigenvalue weighted by atomic mass is 16.3. The zero-order valence-corrected chi connectivity index (χ0v) is 11.2. The molecule has 1 saturated heterocycles. The summed E-state index contributed by atoms with van der Waals surface area (Å²) in [6.07, 6.45) is 1.84. The van der Waals surface area contributed by atoms with Gasteiger partial charge >= 0.3 is 0 Å². The van der Waals surface area contributed by atoms with E-state index in [9.17, 15) is 9.90 Å². The molecule has 2 heterocycles. The molecule has 2 N–H and O–H groups in total. The van der Waals surface area contributed by atoms with Crippen LogP contribution in [-0.4, -0.2) is 39.6 Å². The van der Waals surface area contributed by atoms with Gasteiger partial charge in [-0.1, -0.05) is 26.0 Å². The van der Waals surface area contributed by atoms with Crippen molar-refractivity contribution in [1.82, 2.24) is 9.88 Å². The number of hydrogen-bond acceptors (Lipinski definition) is 2. The summed E-state index contributed by atoms with van der Waals surface area (Å²) in [6, 6.07) is 7.64. The summed E-state index contributed by atoms with van der Waals surface area (Å²) >= 11 is 0. The number of hydrogen-bond donors (Lipinski definition) is 2. The van der Waals surface area contributed by atoms with E-state index in [2.05, 4.69) is 4.98 Å². The van der Waals surface area contributed by atoms with Crippen LogP contribution in [-0.2, 0) is 0 Å². The molecule has 1 amide bonds. The van der Waals surface area contributed by atoms with E-state index in [4.69, 9.17) is 0 Å². The number of β-amino-alcohol motifs (C(OH)–C–C–N with tert-alkyl or cyclic N) is 1. The third-order valence-electron chi connectivity index (χ3n) is 4.11. The minimum atomic E-state index is -0.723. The fourth-order valence-corrected chi connectivity index (χ4v) is 2.56. The topological polar surface area (TPSA) is 56.3 Å². The Bertz CT molecular complexity index is 624. The molecule has 1 fully saturated rings. The summed E-state index contributed by atoms with van der Waals surface area (Å²) in [7, 11) is 0. The number of aliphatic hydroxyl groups is 1. The van der Waals surface area contributed by atoms with Gasteiger partial charge < -0.3 is 15.0 Å². The molecule has 4 heteroatoms. The minimum absolute atomic E-state index is 0.0154. The minimum Gasteiger partial charge on any atom is -0.386 e. The molecule has 1 aliphatic rings. The molecule has 1 aromatic carbocycles. The van der Waals surface area contributed by atoms with Crippen LogP contribution in [0.15, 0.2) is 30.5 Å². The summed E-state index contributed by atoms with van der Waals surface area (Å²) < 4.78 is 0. The summed E-state index contributed by atoms with van der Waals surface area (Å²) in [6.45, 7) is 4.79. The van der Waals surface area contributed by atoms with Crippen LogP contribution in [0.25, 0.3) is 10.9 Å². The SMILES string of the molecule is CC(C)C1(O)CN(C(=O)c2cccc3cc[nH]c23)C1. The van der Waals surface area contributed by atoms with Gasteiger partial charge in [-0.05, 0) is 18.1 Å². The smallest absolute Gasteiger partial charge is 0.256 e. The van der Waals surface area contributed by atoms with E-state index in [0.29, 0.717) is 18.7 Å². The Morgan fingerprint density at radius 3 is 2.79 bits per heavy atom. The Hall–Kier alpha value is -1.81. The summed E-state index contributed by atoms with van der Waals surface area (Å²) in [4.78, 5) is 17.3. The molecule has 2 aromatic rings. The first kappa shape index (κ1) is 12.2. The molecule has 0 bridgehead atoms. The zero-order chi connectivity index (χ0) is 13.6. The first-order valence-electron chi connectivity index (χ1n) is 6.59. The number of para-hydroxylation sites is 1. The molecule has 0 saturated carbocycles. The molecule has 0 spiro atoms. The lowest BCUT2D eigenvalue weighted by Gasteiger charge is -2.49. The van der Waals surface area contributed by atoms with E-state index in [1.807, 2.05) is 44.3 Å². The fourth-order valence-electron chi connectivity index (χ4n) is 2.56. The highest BCUT2D eigenvalue weighted by molar-refractivity contribution is 6.06. The van der Waals surface area contributed by atoms with Gasteiger partial charge in [0.2, 0.25) is 0 Å². The van der Waals surface area contributed by atoms with E-state index in [-0.39, 0.29) is 11.8 Å². The van der Waals surface area contributed by atoms with E-state index in [1.54, 1.807) is 4.90 Å². The molecule has 19 heavy (non-hydrogen) atoms. The molecule has 0 atom stereocenters. The number of carbonyl (C=O) groups is 1. The maximum atomic E-state index is 12.4. The van der Waals surface area contributed by atoms with Crippen molar-refractivity contribution in [1.29, 1.82) is 0 Å². The van der Waals surface area contributed by atoms with Crippen LogP contribution in [0.3, 0.4) is 0 Å². The number of fused-ring (bicyclic) bond motifs is 1. The molecule has 0 aliphatic carbocycles. The van der Waals surface area contributed by atoms with Crippen molar-refractivity contribution in [3.63, 3.8) is 0 Å². The molecule has 1 aliphatic heterocycles. The van der Waals surface area contributed by atoms with Crippen LogP contribution in [0.4, 0.5) is 0 Å². The number of aromatic nitrogens is 1. The van der Waals surface area contributed by atoms with Crippen LogP contribution in [0, 0.1) is 5.92 Å². The first-order chi connectivity index (χ1) is 9.01. The normalized spacial score (nSPS) is 17.8. The van der Waals surface area contributed by atoms with Gasteiger partial charge in [-0.3, -0.25) is 4.79 Å². The Morgan fingerprint density at radius 1 is 1.37 bits per heavy atom. The Kier molecular flexibility index (Phi) is 2.64. The number of nitrogens with one attached hydrogen (secondary N) is 1. The lowest BCUT2D eigenvalue weighted by Crippen LogP contribution is -2.65. The average Bonchev–Trinajstić information content (AvgIpc) is 2.81. The predicted molar refractivity (Wildman–Crippen MR) is 74.0 cm³/mol. The number of aromatic amines is 1. The second-order valence-corrected chi connectivity index (χ2v) is 5.67. The van der Waals surface area contributed by atoms with Crippen molar-refractivity contribution in [2.24, 2.45) is 5.92 Å². The van der Waals surface area contributed by atoms with Crippen molar-refractivity contribution >= 4 is 16.8 Å². The largest absolute Gasteiger partial charge is 0.386 e. The number of likely N-dealkylation sites (tertiary alicyclic amines) is 1. The molecule has 1 aromatic heterocycles. The van der Waals surface area contributed by atoms with Crippen LogP contribution < -0.4 is 0 Å². The second-order valence-electron chi connectivity index (χ2n) is 5.67. The summed E-state index contributed by atoms with van der Waals surface area (Å²) in [5.74, 6) is 0.149. The zero-order valence-electron chi connectivity index (χ0n) is 11.2. The van der Waals surface area contributed by atoms with Crippen molar-refractivity contribution in [3.05, 3.63) is 36.0 Å². The molecule has 4 nitrogen and oxygen atoms in total. The third-order valence-corrected chi connectivity index (χ3v) is 4.11. The van der Waals surface area contributed by atoms with Crippen molar-refractivity contribution in [2.75, 3.05) is 13.1 Å². The monoisotopic (exact) mass is 258 g/mol. The van der Waals surface area contributed by atoms with Gasteiger partial charge in [-0.25, -0.2) is 0 Å². The quantitative estimate of drug-likeness (QED) is 0.865. The van der Waals surface area contributed by atoms with Gasteiger partial charge in [0.05, 0.1) is 24.2 Å². The van der Waals surface area contributed by atoms with Gasteiger partial charge in [0.25, 0.3) is 5.91 Å². The molecule has 100 valence electrons. The standard InChI is InChI=1S/C15H18N2O2/c1-10(2)15(19)8-17(9-15)14(18)12-5-3-4-11-6-7-16-13(11)12/h3-7,10,16,19H,8-9H2,1-2H3. The fraction of sp³-hybridized carbons (Fsp3) is 0.400. The average molecular weight is 258 g/mol. The number of benzene rings is 1. The summed E-state index contributed by atoms with van der Waals surface area (Å²) in [5.41, 5.74) is 0.819. The maximum absolute atomic E-state index is 12.4. The highest BCUT2D eigenvalue weighted by Gasteiger charge is 2.46. The lowest BCUT2D eigenvalue weighted by molar-refractivity contribution is -0.110. The van der Waals surface area contributed by atoms with Crippen LogP contribution >= 0.6 is 0 Å². The van der Waals surface area contributed by atoms with Gasteiger partial charge in [0.15, 0.2) is 0 Å². The molecule has 0 radical (unpaired) electrons. The second kappa shape index (κ2) is 4.10. The van der Waals surface area contributed by atoms with Crippen LogP contribution in [0.5, 0.6) is 0 Å². The van der Waals surface area contributed by atoms with Gasteiger partial charge in [0.1, 0.15) is 5.60 Å². The Morgan fingerprint density at radius 2 is 2.11 bits per heavy atom. The molecule has 0 unspecified atom stereocenters. The van der Waals surface area contributed by atoms with E-state index in [1.165, 1.54) is 0 Å². The van der Waals surface area contributed by atoms with E-state index in [0.717, 1.165) is 10.9 Å². The Balaban J connectivity index is 1.85. The van der Waals surface area contributed by atoms with E-state index >= 15 is 0 Å². The number of rotatable bonds is 2.